The Morgan fingerprint density at radius 3 is 2.70 bits per heavy atom. The molecule has 5 heteroatoms. The third-order valence-corrected chi connectivity index (χ3v) is 3.31. The fourth-order valence-electron chi connectivity index (χ4n) is 2.23. The van der Waals surface area contributed by atoms with Crippen LogP contribution in [-0.4, -0.2) is 15.4 Å². The van der Waals surface area contributed by atoms with Crippen LogP contribution in [0.1, 0.15) is 11.1 Å². The van der Waals surface area contributed by atoms with Crippen LogP contribution in [0.25, 0.3) is 10.9 Å². The van der Waals surface area contributed by atoms with Gasteiger partial charge in [-0.25, -0.2) is 0 Å². The summed E-state index contributed by atoms with van der Waals surface area (Å²) in [5.74, 6) is 5.51. The summed E-state index contributed by atoms with van der Waals surface area (Å²) in [5, 5.41) is 4.63. The molecule has 0 unspecified atom stereocenters. The molecule has 3 aromatic rings. The van der Waals surface area contributed by atoms with Crippen LogP contribution < -0.4 is 11.6 Å². The van der Waals surface area contributed by atoms with Crippen LogP contribution in [-0.2, 0) is 6.54 Å². The molecule has 20 heavy (non-hydrogen) atoms. The molecule has 5 nitrogen and oxygen atoms in total. The van der Waals surface area contributed by atoms with Crippen LogP contribution in [0.15, 0.2) is 60.1 Å². The summed E-state index contributed by atoms with van der Waals surface area (Å²) < 4.78 is 2.19. The normalized spacial score (nSPS) is 11.9. The molecule has 0 aliphatic carbocycles. The third kappa shape index (κ3) is 2.21. The first-order valence-electron chi connectivity index (χ1n) is 6.29. The molecule has 4 N–H and O–H groups in total. The smallest absolute Gasteiger partial charge is 0.150 e. The van der Waals surface area contributed by atoms with Crippen LogP contribution in [0, 0.1) is 0 Å². The van der Waals surface area contributed by atoms with Crippen LogP contribution >= 0.6 is 0 Å². The molecule has 0 amide bonds. The first kappa shape index (κ1) is 12.2. The highest BCUT2D eigenvalue weighted by molar-refractivity contribution is 5.97. The molecule has 0 spiro atoms. The average Bonchev–Trinajstić information content (AvgIpc) is 2.91. The number of nitrogens with two attached hydrogens (primary N) is 2. The first-order chi connectivity index (χ1) is 9.78. The second kappa shape index (κ2) is 5.05. The summed E-state index contributed by atoms with van der Waals surface area (Å²) >= 11 is 0. The van der Waals surface area contributed by atoms with Crippen molar-refractivity contribution in [1.29, 1.82) is 0 Å². The zero-order valence-corrected chi connectivity index (χ0v) is 10.9. The Kier molecular flexibility index (Phi) is 3.09. The Bertz CT molecular complexity index is 755. The highest BCUT2D eigenvalue weighted by Gasteiger charge is 2.02. The van der Waals surface area contributed by atoms with Gasteiger partial charge in [0.1, 0.15) is 5.84 Å². The van der Waals surface area contributed by atoms with Crippen molar-refractivity contribution in [3.05, 3.63) is 66.1 Å². The van der Waals surface area contributed by atoms with Gasteiger partial charge in [0.05, 0.1) is 5.52 Å². The molecule has 0 radical (unpaired) electrons. The second-order valence-electron chi connectivity index (χ2n) is 4.59. The molecule has 2 heterocycles. The van der Waals surface area contributed by atoms with Crippen molar-refractivity contribution in [3.63, 3.8) is 0 Å². The molecule has 0 saturated heterocycles. The van der Waals surface area contributed by atoms with E-state index >= 15 is 0 Å². The quantitative estimate of drug-likeness (QED) is 0.327. The molecular formula is C15H15N5. The number of benzene rings is 1. The molecule has 0 aliphatic rings. The van der Waals surface area contributed by atoms with E-state index in [1.165, 1.54) is 11.1 Å². The Hall–Kier alpha value is -2.82. The maximum Gasteiger partial charge on any atom is 0.150 e. The van der Waals surface area contributed by atoms with Gasteiger partial charge in [-0.05, 0) is 17.7 Å². The van der Waals surface area contributed by atoms with Crippen LogP contribution in [0.3, 0.4) is 0 Å². The van der Waals surface area contributed by atoms with Crippen molar-refractivity contribution >= 4 is 16.7 Å². The third-order valence-electron chi connectivity index (χ3n) is 3.31. The highest BCUT2D eigenvalue weighted by atomic mass is 15.1. The number of hydrogen-bond donors (Lipinski definition) is 2. The largest absolute Gasteiger partial charge is 0.382 e. The minimum Gasteiger partial charge on any atom is -0.382 e. The lowest BCUT2D eigenvalue weighted by molar-refractivity contribution is 0.836. The summed E-state index contributed by atoms with van der Waals surface area (Å²) in [6, 6.07) is 12.0. The van der Waals surface area contributed by atoms with Gasteiger partial charge in [0, 0.05) is 36.1 Å². The molecule has 0 saturated carbocycles. The topological polar surface area (TPSA) is 82.2 Å². The Balaban J connectivity index is 1.88. The zero-order valence-electron chi connectivity index (χ0n) is 10.9. The number of pyridine rings is 1. The maximum absolute atomic E-state index is 5.67. The van der Waals surface area contributed by atoms with E-state index in [0.717, 1.165) is 17.5 Å². The van der Waals surface area contributed by atoms with E-state index in [1.807, 2.05) is 36.5 Å². The highest BCUT2D eigenvalue weighted by Crippen LogP contribution is 2.16. The molecule has 0 fully saturated rings. The van der Waals surface area contributed by atoms with E-state index < -0.39 is 0 Å². The van der Waals surface area contributed by atoms with E-state index in [2.05, 4.69) is 26.9 Å². The van der Waals surface area contributed by atoms with Crippen molar-refractivity contribution in [2.75, 3.05) is 0 Å². The molecular weight excluding hydrogens is 250 g/mol. The summed E-state index contributed by atoms with van der Waals surface area (Å²) in [5.41, 5.74) is 8.86. The van der Waals surface area contributed by atoms with E-state index in [4.69, 9.17) is 11.6 Å². The van der Waals surface area contributed by atoms with Crippen LogP contribution in [0.4, 0.5) is 0 Å². The van der Waals surface area contributed by atoms with Gasteiger partial charge in [-0.15, -0.1) is 0 Å². The molecule has 0 atom stereocenters. The standard InChI is InChI=1S/C15H15N5/c16-15(19-17)12-3-1-11(2-4-12)10-20-8-6-13-9-18-7-5-14(13)20/h1-9H,10,17H2,(H2,16,19). The Morgan fingerprint density at radius 2 is 1.95 bits per heavy atom. The molecule has 2 aromatic heterocycles. The molecule has 0 aliphatic heterocycles. The van der Waals surface area contributed by atoms with Gasteiger partial charge in [0.2, 0.25) is 0 Å². The van der Waals surface area contributed by atoms with Crippen molar-refractivity contribution < 1.29 is 0 Å². The number of rotatable bonds is 3. The van der Waals surface area contributed by atoms with E-state index in [-0.39, 0.29) is 0 Å². The van der Waals surface area contributed by atoms with Gasteiger partial charge in [0.25, 0.3) is 0 Å². The Labute approximate surface area is 116 Å². The monoisotopic (exact) mass is 265 g/mol. The first-order valence-corrected chi connectivity index (χ1v) is 6.29. The van der Waals surface area contributed by atoms with Gasteiger partial charge in [-0.2, -0.15) is 5.10 Å². The second-order valence-corrected chi connectivity index (χ2v) is 4.59. The fraction of sp³-hybridized carbons (Fsp3) is 0.0667. The van der Waals surface area contributed by atoms with Crippen LogP contribution in [0.5, 0.6) is 0 Å². The number of hydrazone groups is 1. The SMILES string of the molecule is N/N=C(\N)c1ccc(Cn2ccc3cnccc32)cc1. The maximum atomic E-state index is 5.67. The average molecular weight is 265 g/mol. The number of amidine groups is 1. The lowest BCUT2D eigenvalue weighted by Gasteiger charge is -2.06. The number of aromatic nitrogens is 2. The summed E-state index contributed by atoms with van der Waals surface area (Å²) in [7, 11) is 0. The van der Waals surface area contributed by atoms with E-state index in [9.17, 15) is 0 Å². The summed E-state index contributed by atoms with van der Waals surface area (Å²) in [6.07, 6.45) is 5.74. The van der Waals surface area contributed by atoms with Gasteiger partial charge >= 0.3 is 0 Å². The summed E-state index contributed by atoms with van der Waals surface area (Å²) in [6.45, 7) is 0.799. The summed E-state index contributed by atoms with van der Waals surface area (Å²) in [4.78, 5) is 4.12. The van der Waals surface area contributed by atoms with Crippen molar-refractivity contribution in [2.24, 2.45) is 16.7 Å². The fourth-order valence-corrected chi connectivity index (χ4v) is 2.23. The van der Waals surface area contributed by atoms with Gasteiger partial charge in [-0.1, -0.05) is 24.3 Å². The molecule has 0 bridgehead atoms. The van der Waals surface area contributed by atoms with E-state index in [1.54, 1.807) is 6.20 Å². The van der Waals surface area contributed by atoms with E-state index in [0.29, 0.717) is 5.84 Å². The lowest BCUT2D eigenvalue weighted by atomic mass is 10.1. The number of nitrogens with zero attached hydrogens (tertiary/aromatic N) is 3. The minimum absolute atomic E-state index is 0.342. The number of fused-ring (bicyclic) bond motifs is 1. The predicted octanol–water partition coefficient (Wildman–Crippen LogP) is 1.66. The molecule has 1 aromatic carbocycles. The van der Waals surface area contributed by atoms with Gasteiger partial charge in [0.15, 0.2) is 0 Å². The van der Waals surface area contributed by atoms with Crippen molar-refractivity contribution in [3.8, 4) is 0 Å². The van der Waals surface area contributed by atoms with Crippen molar-refractivity contribution in [1.82, 2.24) is 9.55 Å². The lowest BCUT2D eigenvalue weighted by Crippen LogP contribution is -2.15. The Morgan fingerprint density at radius 1 is 1.15 bits per heavy atom. The zero-order chi connectivity index (χ0) is 13.9. The molecule has 3 rings (SSSR count). The number of hydrogen-bond acceptors (Lipinski definition) is 3. The predicted molar refractivity (Wildman–Crippen MR) is 80.2 cm³/mol. The molecule has 100 valence electrons. The van der Waals surface area contributed by atoms with Crippen molar-refractivity contribution in [2.45, 2.75) is 6.54 Å². The van der Waals surface area contributed by atoms with Crippen LogP contribution in [0.2, 0.25) is 0 Å². The van der Waals surface area contributed by atoms with Gasteiger partial charge in [-0.3, -0.25) is 4.98 Å². The minimum atomic E-state index is 0.342. The van der Waals surface area contributed by atoms with Gasteiger partial charge < -0.3 is 16.1 Å².